The molecule has 0 radical (unpaired) electrons. The summed E-state index contributed by atoms with van der Waals surface area (Å²) in [7, 11) is 0. The first-order valence-electron chi connectivity index (χ1n) is 11.9. The SMILES string of the molecule is NC(=O)c1nsc(C(=O)N(Cc2ccccc2Cl)C(C(=O)NC2CCCCC2)c2ccc(F)cc2)c1N. The molecule has 1 aliphatic carbocycles. The van der Waals surface area contributed by atoms with Crippen molar-refractivity contribution in [2.75, 3.05) is 5.73 Å². The van der Waals surface area contributed by atoms with Gasteiger partial charge in [-0.15, -0.1) is 0 Å². The average Bonchev–Trinajstić information content (AvgIpc) is 3.27. The van der Waals surface area contributed by atoms with Crippen molar-refractivity contribution in [1.29, 1.82) is 0 Å². The minimum atomic E-state index is -1.13. The monoisotopic (exact) mass is 543 g/mol. The van der Waals surface area contributed by atoms with Gasteiger partial charge in [-0.3, -0.25) is 14.4 Å². The van der Waals surface area contributed by atoms with Crippen LogP contribution in [0.3, 0.4) is 0 Å². The van der Waals surface area contributed by atoms with Crippen molar-refractivity contribution in [3.05, 3.63) is 81.1 Å². The number of nitrogens with two attached hydrogens (primary N) is 2. The summed E-state index contributed by atoms with van der Waals surface area (Å²) >= 11 is 7.15. The molecular weight excluding hydrogens is 517 g/mol. The summed E-state index contributed by atoms with van der Waals surface area (Å²) in [5.41, 5.74) is 12.1. The van der Waals surface area contributed by atoms with Crippen LogP contribution < -0.4 is 16.8 Å². The standard InChI is InChI=1S/C26H27ClFN5O3S/c27-19-9-5-4-6-16(19)14-33(26(36)23-20(29)21(24(30)34)32-37-23)22(15-10-12-17(28)13-11-15)25(35)31-18-7-2-1-3-8-18/h4-6,9-13,18,22H,1-3,7-8,14,29H2,(H2,30,34)(H,31,35). The second kappa shape index (κ2) is 11.7. The maximum Gasteiger partial charge on any atom is 0.270 e. The van der Waals surface area contributed by atoms with Crippen LogP contribution in [0, 0.1) is 5.82 Å². The Balaban J connectivity index is 1.80. The minimum absolute atomic E-state index is 0.0292. The van der Waals surface area contributed by atoms with Crippen LogP contribution in [-0.4, -0.2) is 33.0 Å². The maximum atomic E-state index is 14.0. The Labute approximate surface area is 222 Å². The number of benzene rings is 2. The van der Waals surface area contributed by atoms with Crippen molar-refractivity contribution < 1.29 is 18.8 Å². The number of primary amides is 1. The molecule has 1 atom stereocenters. The van der Waals surface area contributed by atoms with Crippen LogP contribution in [-0.2, 0) is 11.3 Å². The fourth-order valence-electron chi connectivity index (χ4n) is 4.50. The van der Waals surface area contributed by atoms with Crippen molar-refractivity contribution in [1.82, 2.24) is 14.6 Å². The zero-order valence-electron chi connectivity index (χ0n) is 20.0. The van der Waals surface area contributed by atoms with Crippen molar-refractivity contribution >= 4 is 46.5 Å². The number of nitrogens with one attached hydrogen (secondary N) is 1. The van der Waals surface area contributed by atoms with E-state index in [0.717, 1.165) is 43.6 Å². The van der Waals surface area contributed by atoms with Crippen molar-refractivity contribution in [2.45, 2.75) is 50.7 Å². The molecule has 3 aromatic rings. The van der Waals surface area contributed by atoms with E-state index in [9.17, 15) is 18.8 Å². The van der Waals surface area contributed by atoms with Crippen LogP contribution in [0.25, 0.3) is 0 Å². The lowest BCUT2D eigenvalue weighted by molar-refractivity contribution is -0.127. The third kappa shape index (κ3) is 6.08. The van der Waals surface area contributed by atoms with Crippen molar-refractivity contribution in [3.8, 4) is 0 Å². The zero-order valence-corrected chi connectivity index (χ0v) is 21.5. The molecule has 8 nitrogen and oxygen atoms in total. The molecule has 5 N–H and O–H groups in total. The second-order valence-corrected chi connectivity index (χ2v) is 10.1. The zero-order chi connectivity index (χ0) is 26.5. The Kier molecular flexibility index (Phi) is 8.40. The van der Waals surface area contributed by atoms with Gasteiger partial charge in [-0.2, -0.15) is 4.37 Å². The largest absolute Gasteiger partial charge is 0.395 e. The lowest BCUT2D eigenvalue weighted by Gasteiger charge is -2.33. The van der Waals surface area contributed by atoms with Gasteiger partial charge in [0.25, 0.3) is 11.8 Å². The van der Waals surface area contributed by atoms with Gasteiger partial charge in [-0.05, 0) is 53.7 Å². The summed E-state index contributed by atoms with van der Waals surface area (Å²) < 4.78 is 17.8. The molecule has 3 amide bonds. The highest BCUT2D eigenvalue weighted by Gasteiger charge is 2.36. The molecule has 1 heterocycles. The average molecular weight is 544 g/mol. The Morgan fingerprint density at radius 2 is 1.78 bits per heavy atom. The van der Waals surface area contributed by atoms with Gasteiger partial charge in [-0.1, -0.05) is 61.2 Å². The molecule has 0 aliphatic heterocycles. The van der Waals surface area contributed by atoms with Crippen LogP contribution >= 0.6 is 23.1 Å². The molecule has 1 unspecified atom stereocenters. The summed E-state index contributed by atoms with van der Waals surface area (Å²) in [6.45, 7) is -0.0537. The number of amides is 3. The number of rotatable bonds is 8. The molecular formula is C26H27ClFN5O3S. The van der Waals surface area contributed by atoms with E-state index < -0.39 is 29.6 Å². The van der Waals surface area contributed by atoms with E-state index in [1.54, 1.807) is 24.3 Å². The first kappa shape index (κ1) is 26.6. The molecule has 11 heteroatoms. The number of hydrogen-bond donors (Lipinski definition) is 3. The number of nitrogen functional groups attached to an aromatic ring is 1. The lowest BCUT2D eigenvalue weighted by Crippen LogP contribution is -2.46. The van der Waals surface area contributed by atoms with E-state index in [4.69, 9.17) is 23.1 Å². The molecule has 0 spiro atoms. The highest BCUT2D eigenvalue weighted by molar-refractivity contribution is 7.09. The number of nitrogens with zero attached hydrogens (tertiary/aromatic N) is 2. The number of hydrogen-bond acceptors (Lipinski definition) is 6. The van der Waals surface area contributed by atoms with Gasteiger partial charge in [0.2, 0.25) is 5.91 Å². The number of anilines is 1. The Bertz CT molecular complexity index is 1290. The van der Waals surface area contributed by atoms with Crippen molar-refractivity contribution in [3.63, 3.8) is 0 Å². The van der Waals surface area contributed by atoms with Gasteiger partial charge in [-0.25, -0.2) is 4.39 Å². The highest BCUT2D eigenvalue weighted by atomic mass is 35.5. The summed E-state index contributed by atoms with van der Waals surface area (Å²) in [6.07, 6.45) is 4.79. The molecule has 194 valence electrons. The van der Waals surface area contributed by atoms with Crippen LogP contribution in [0.1, 0.15) is 69.4 Å². The Morgan fingerprint density at radius 1 is 1.11 bits per heavy atom. The van der Waals surface area contributed by atoms with Gasteiger partial charge < -0.3 is 21.7 Å². The van der Waals surface area contributed by atoms with E-state index in [2.05, 4.69) is 9.69 Å². The first-order valence-corrected chi connectivity index (χ1v) is 13.1. The minimum Gasteiger partial charge on any atom is -0.395 e. The van der Waals surface area contributed by atoms with Gasteiger partial charge >= 0.3 is 0 Å². The lowest BCUT2D eigenvalue weighted by atomic mass is 9.94. The summed E-state index contributed by atoms with van der Waals surface area (Å²) in [6, 6.07) is 11.2. The van der Waals surface area contributed by atoms with E-state index in [-0.39, 0.29) is 28.8 Å². The summed E-state index contributed by atoms with van der Waals surface area (Å²) in [4.78, 5) is 40.8. The molecule has 0 bridgehead atoms. The van der Waals surface area contributed by atoms with E-state index in [1.165, 1.54) is 29.2 Å². The molecule has 0 saturated heterocycles. The molecule has 1 fully saturated rings. The van der Waals surface area contributed by atoms with Crippen LogP contribution in [0.2, 0.25) is 5.02 Å². The Morgan fingerprint density at radius 3 is 2.41 bits per heavy atom. The van der Waals surface area contributed by atoms with Gasteiger partial charge in [0, 0.05) is 17.6 Å². The molecule has 1 saturated carbocycles. The smallest absolute Gasteiger partial charge is 0.270 e. The summed E-state index contributed by atoms with van der Waals surface area (Å²) in [5, 5.41) is 3.48. The summed E-state index contributed by atoms with van der Waals surface area (Å²) in [5.74, 6) is -2.37. The van der Waals surface area contributed by atoms with E-state index in [1.807, 2.05) is 0 Å². The molecule has 2 aromatic carbocycles. The van der Waals surface area contributed by atoms with E-state index in [0.29, 0.717) is 16.1 Å². The molecule has 1 aliphatic rings. The number of aromatic nitrogens is 1. The van der Waals surface area contributed by atoms with Gasteiger partial charge in [0.05, 0.1) is 5.69 Å². The fourth-order valence-corrected chi connectivity index (χ4v) is 5.45. The maximum absolute atomic E-state index is 14.0. The quantitative estimate of drug-likeness (QED) is 0.386. The third-order valence-electron chi connectivity index (χ3n) is 6.41. The first-order chi connectivity index (χ1) is 17.8. The van der Waals surface area contributed by atoms with Crippen molar-refractivity contribution in [2.24, 2.45) is 5.73 Å². The third-order valence-corrected chi connectivity index (χ3v) is 7.63. The highest BCUT2D eigenvalue weighted by Crippen LogP contribution is 2.32. The number of carbonyl (C=O) groups is 3. The van der Waals surface area contributed by atoms with E-state index >= 15 is 0 Å². The normalized spacial score (nSPS) is 14.6. The molecule has 37 heavy (non-hydrogen) atoms. The fraction of sp³-hybridized carbons (Fsp3) is 0.308. The molecule has 4 rings (SSSR count). The van der Waals surface area contributed by atoms with Crippen LogP contribution in [0.4, 0.5) is 10.1 Å². The number of halogens is 2. The predicted octanol–water partition coefficient (Wildman–Crippen LogP) is 4.45. The Hall–Kier alpha value is -3.50. The van der Waals surface area contributed by atoms with Crippen LogP contribution in [0.15, 0.2) is 48.5 Å². The predicted molar refractivity (Wildman–Crippen MR) is 141 cm³/mol. The number of carbonyl (C=O) groups excluding carboxylic acids is 3. The van der Waals surface area contributed by atoms with Gasteiger partial charge in [0.1, 0.15) is 16.7 Å². The van der Waals surface area contributed by atoms with Gasteiger partial charge in [0.15, 0.2) is 5.69 Å². The second-order valence-electron chi connectivity index (χ2n) is 8.96. The molecule has 1 aromatic heterocycles. The topological polar surface area (TPSA) is 131 Å². The van der Waals surface area contributed by atoms with Crippen LogP contribution in [0.5, 0.6) is 0 Å².